The summed E-state index contributed by atoms with van der Waals surface area (Å²) in [6.07, 6.45) is -2.11. The summed E-state index contributed by atoms with van der Waals surface area (Å²) in [7, 11) is -2.72. The van der Waals surface area contributed by atoms with Crippen LogP contribution in [0.2, 0.25) is 0 Å². The summed E-state index contributed by atoms with van der Waals surface area (Å²) in [5.74, 6) is -0.467. The van der Waals surface area contributed by atoms with E-state index in [-0.39, 0.29) is 46.5 Å². The number of ether oxygens (including phenoxy) is 1. The first-order valence-corrected chi connectivity index (χ1v) is 13.0. The minimum Gasteiger partial charge on any atom is -0.444 e. The SMILES string of the molecule is Cc1ccccc1-c1nc(NS(=O)(=O)c2cccc(N(C)COC(=O)C3CCC3)n2)ccc1C(F)(F)F. The largest absolute Gasteiger partial charge is 0.444 e. The lowest BCUT2D eigenvalue weighted by molar-refractivity contribution is -0.151. The molecular weight excluding hydrogens is 509 g/mol. The van der Waals surface area contributed by atoms with E-state index in [0.717, 1.165) is 31.4 Å². The number of anilines is 2. The molecule has 0 saturated heterocycles. The molecule has 0 bridgehead atoms. The lowest BCUT2D eigenvalue weighted by Gasteiger charge is -2.25. The maximum Gasteiger partial charge on any atom is 0.418 e. The molecule has 4 rings (SSSR count). The van der Waals surface area contributed by atoms with Crippen molar-refractivity contribution in [2.45, 2.75) is 37.4 Å². The molecule has 196 valence electrons. The summed E-state index contributed by atoms with van der Waals surface area (Å²) in [4.78, 5) is 21.6. The summed E-state index contributed by atoms with van der Waals surface area (Å²) in [5.41, 5.74) is -0.589. The molecule has 12 heteroatoms. The van der Waals surface area contributed by atoms with Gasteiger partial charge in [0.05, 0.1) is 17.2 Å². The number of rotatable bonds is 8. The van der Waals surface area contributed by atoms with Crippen LogP contribution in [0.3, 0.4) is 0 Å². The minimum atomic E-state index is -4.69. The predicted molar refractivity (Wildman–Crippen MR) is 131 cm³/mol. The number of esters is 1. The lowest BCUT2D eigenvalue weighted by atomic mass is 9.86. The lowest BCUT2D eigenvalue weighted by Crippen LogP contribution is -2.30. The van der Waals surface area contributed by atoms with Gasteiger partial charge in [0.2, 0.25) is 0 Å². The number of hydrogen-bond donors (Lipinski definition) is 1. The van der Waals surface area contributed by atoms with Crippen molar-refractivity contribution >= 4 is 27.6 Å². The number of aromatic nitrogens is 2. The van der Waals surface area contributed by atoms with E-state index in [4.69, 9.17) is 4.74 Å². The fourth-order valence-electron chi connectivity index (χ4n) is 3.73. The summed E-state index contributed by atoms with van der Waals surface area (Å²) in [6, 6.07) is 12.4. The molecule has 8 nitrogen and oxygen atoms in total. The summed E-state index contributed by atoms with van der Waals surface area (Å²) < 4.78 is 74.6. The van der Waals surface area contributed by atoms with E-state index in [2.05, 4.69) is 14.7 Å². The van der Waals surface area contributed by atoms with Gasteiger partial charge in [0, 0.05) is 12.6 Å². The van der Waals surface area contributed by atoms with Gasteiger partial charge in [-0.2, -0.15) is 21.6 Å². The molecule has 1 fully saturated rings. The third kappa shape index (κ3) is 6.01. The molecular formula is C25H25F3N4O4S. The Labute approximate surface area is 212 Å². The number of pyridine rings is 2. The average Bonchev–Trinajstić information content (AvgIpc) is 2.81. The highest BCUT2D eigenvalue weighted by molar-refractivity contribution is 7.92. The van der Waals surface area contributed by atoms with Crippen molar-refractivity contribution in [2.75, 3.05) is 23.4 Å². The zero-order valence-electron chi connectivity index (χ0n) is 20.1. The van der Waals surface area contributed by atoms with Gasteiger partial charge in [-0.05, 0) is 49.6 Å². The number of alkyl halides is 3. The van der Waals surface area contributed by atoms with Crippen molar-refractivity contribution in [3.63, 3.8) is 0 Å². The van der Waals surface area contributed by atoms with Crippen LogP contribution in [0, 0.1) is 12.8 Å². The number of benzene rings is 1. The van der Waals surface area contributed by atoms with Gasteiger partial charge in [0.1, 0.15) is 11.6 Å². The van der Waals surface area contributed by atoms with Gasteiger partial charge < -0.3 is 9.64 Å². The molecule has 1 aliphatic rings. The highest BCUT2D eigenvalue weighted by atomic mass is 32.2. The Balaban J connectivity index is 1.57. The third-order valence-corrected chi connectivity index (χ3v) is 7.31. The zero-order chi connectivity index (χ0) is 26.8. The Morgan fingerprint density at radius 2 is 1.81 bits per heavy atom. The Hall–Kier alpha value is -3.67. The number of hydrogen-bond acceptors (Lipinski definition) is 7. The van der Waals surface area contributed by atoms with Crippen LogP contribution in [0.5, 0.6) is 0 Å². The second-order valence-electron chi connectivity index (χ2n) is 8.76. The van der Waals surface area contributed by atoms with Crippen LogP contribution >= 0.6 is 0 Å². The van der Waals surface area contributed by atoms with Gasteiger partial charge in [-0.1, -0.05) is 36.8 Å². The minimum absolute atomic E-state index is 0.0990. The van der Waals surface area contributed by atoms with Crippen LogP contribution in [0.1, 0.15) is 30.4 Å². The Kier molecular flexibility index (Phi) is 7.39. The summed E-state index contributed by atoms with van der Waals surface area (Å²) in [5, 5.41) is -0.374. The Morgan fingerprint density at radius 3 is 2.46 bits per heavy atom. The summed E-state index contributed by atoms with van der Waals surface area (Å²) in [6.45, 7) is 1.53. The number of carbonyl (C=O) groups excluding carboxylic acids is 1. The van der Waals surface area contributed by atoms with Gasteiger partial charge in [-0.15, -0.1) is 0 Å². The average molecular weight is 535 g/mol. The number of nitrogens with zero attached hydrogens (tertiary/aromatic N) is 3. The van der Waals surface area contributed by atoms with Crippen LogP contribution in [0.15, 0.2) is 59.6 Å². The number of halogens is 3. The number of nitrogens with one attached hydrogen (secondary N) is 1. The molecule has 2 aromatic heterocycles. The fourth-order valence-corrected chi connectivity index (χ4v) is 4.70. The molecule has 1 saturated carbocycles. The maximum atomic E-state index is 13.7. The van der Waals surface area contributed by atoms with Crippen LogP contribution in [0.25, 0.3) is 11.3 Å². The maximum absolute atomic E-state index is 13.7. The highest BCUT2D eigenvalue weighted by Gasteiger charge is 2.35. The van der Waals surface area contributed by atoms with Crippen molar-refractivity contribution in [3.8, 4) is 11.3 Å². The molecule has 3 aromatic rings. The molecule has 0 aliphatic heterocycles. The van der Waals surface area contributed by atoms with Gasteiger partial charge >= 0.3 is 12.1 Å². The van der Waals surface area contributed by atoms with Crippen LogP contribution in [-0.2, 0) is 25.7 Å². The van der Waals surface area contributed by atoms with Crippen LogP contribution in [-0.4, -0.2) is 38.1 Å². The molecule has 37 heavy (non-hydrogen) atoms. The summed E-state index contributed by atoms with van der Waals surface area (Å²) >= 11 is 0. The normalized spacial score (nSPS) is 14.1. The second-order valence-corrected chi connectivity index (χ2v) is 10.4. The second kappa shape index (κ2) is 10.4. The van der Waals surface area contributed by atoms with E-state index >= 15 is 0 Å². The molecule has 1 aliphatic carbocycles. The van der Waals surface area contributed by atoms with E-state index in [9.17, 15) is 26.4 Å². The Morgan fingerprint density at radius 1 is 1.08 bits per heavy atom. The number of carbonyl (C=O) groups is 1. The predicted octanol–water partition coefficient (Wildman–Crippen LogP) is 5.01. The topological polar surface area (TPSA) is 101 Å². The van der Waals surface area contributed by atoms with Crippen LogP contribution < -0.4 is 9.62 Å². The van der Waals surface area contributed by atoms with E-state index in [0.29, 0.717) is 5.56 Å². The molecule has 0 atom stereocenters. The highest BCUT2D eigenvalue weighted by Crippen LogP contribution is 2.38. The van der Waals surface area contributed by atoms with E-state index in [1.807, 2.05) is 0 Å². The van der Waals surface area contributed by atoms with Gasteiger partial charge in [-0.3, -0.25) is 9.52 Å². The van der Waals surface area contributed by atoms with Gasteiger partial charge in [0.25, 0.3) is 10.0 Å². The van der Waals surface area contributed by atoms with Crippen molar-refractivity contribution in [1.82, 2.24) is 9.97 Å². The molecule has 1 N–H and O–H groups in total. The molecule has 2 heterocycles. The molecule has 0 amide bonds. The number of aryl methyl sites for hydroxylation is 1. The van der Waals surface area contributed by atoms with E-state index in [1.165, 1.54) is 23.1 Å². The number of sulfonamides is 1. The van der Waals surface area contributed by atoms with Gasteiger partial charge in [-0.25, -0.2) is 9.97 Å². The van der Waals surface area contributed by atoms with Crippen LogP contribution in [0.4, 0.5) is 24.8 Å². The fraction of sp³-hybridized carbons (Fsp3) is 0.320. The van der Waals surface area contributed by atoms with E-state index in [1.54, 1.807) is 38.2 Å². The molecule has 1 aromatic carbocycles. The molecule has 0 radical (unpaired) electrons. The Bertz CT molecular complexity index is 1410. The monoisotopic (exact) mass is 534 g/mol. The third-order valence-electron chi connectivity index (χ3n) is 6.05. The first-order valence-electron chi connectivity index (χ1n) is 11.5. The van der Waals surface area contributed by atoms with Crippen molar-refractivity contribution in [3.05, 3.63) is 65.7 Å². The standard InChI is InChI=1S/C25H25F3N4O4S/c1-16-7-3-4-10-18(16)23-19(25(26,27)28)13-14-20(29-23)31-37(34,35)22-12-6-11-21(30-22)32(2)15-36-24(33)17-8-5-9-17/h3-4,6-7,10-14,17H,5,8-9,15H2,1-2H3,(H,29,31). The quantitative estimate of drug-likeness (QED) is 0.320. The van der Waals surface area contributed by atoms with Crippen molar-refractivity contribution in [2.24, 2.45) is 5.92 Å². The zero-order valence-corrected chi connectivity index (χ0v) is 20.9. The van der Waals surface area contributed by atoms with Gasteiger partial charge in [0.15, 0.2) is 11.8 Å². The van der Waals surface area contributed by atoms with Crippen molar-refractivity contribution < 1.29 is 31.1 Å². The van der Waals surface area contributed by atoms with E-state index < -0.39 is 21.8 Å². The molecule has 0 unspecified atom stereocenters. The first-order chi connectivity index (χ1) is 17.5. The van der Waals surface area contributed by atoms with Crippen molar-refractivity contribution in [1.29, 1.82) is 0 Å². The first kappa shape index (κ1) is 26.4. The molecule has 0 spiro atoms. The smallest absolute Gasteiger partial charge is 0.418 e.